The van der Waals surface area contributed by atoms with Gasteiger partial charge < -0.3 is 4.90 Å². The summed E-state index contributed by atoms with van der Waals surface area (Å²) in [5, 5.41) is 0. The van der Waals surface area contributed by atoms with Crippen LogP contribution in [0.25, 0.3) is 0 Å². The number of nitrogens with zero attached hydrogens (tertiary/aromatic N) is 2. The summed E-state index contributed by atoms with van der Waals surface area (Å²) < 4.78 is 48.6. The normalized spacial score (nSPS) is 19.6. The van der Waals surface area contributed by atoms with E-state index in [2.05, 4.69) is 0 Å². The zero-order valence-electron chi connectivity index (χ0n) is 14.7. The van der Waals surface area contributed by atoms with E-state index in [1.807, 2.05) is 19.1 Å². The highest BCUT2D eigenvalue weighted by molar-refractivity contribution is 7.92. The van der Waals surface area contributed by atoms with Crippen LogP contribution in [0, 0.1) is 6.92 Å². The van der Waals surface area contributed by atoms with E-state index in [-0.39, 0.29) is 36.4 Å². The summed E-state index contributed by atoms with van der Waals surface area (Å²) in [7, 11) is -5.03. The Morgan fingerprint density at radius 1 is 1.28 bits per heavy atom. The molecule has 0 saturated carbocycles. The predicted molar refractivity (Wildman–Crippen MR) is 97.8 cm³/mol. The molecule has 140 valence electrons. The van der Waals surface area contributed by atoms with E-state index in [0.29, 0.717) is 12.1 Å². The number of hydrogen-bond acceptors (Lipinski definition) is 5. The SMILES string of the molecule is Cc1ccccc1N(CCC(=O)N(C)C1CCS(=O)(=O)C1)S(C)(=O)=O. The van der Waals surface area contributed by atoms with Gasteiger partial charge in [-0.05, 0) is 25.0 Å². The van der Waals surface area contributed by atoms with E-state index in [0.717, 1.165) is 11.8 Å². The fraction of sp³-hybridized carbons (Fsp3) is 0.562. The second-order valence-electron chi connectivity index (χ2n) is 6.43. The Labute approximate surface area is 149 Å². The summed E-state index contributed by atoms with van der Waals surface area (Å²) in [6.45, 7) is 1.83. The number of benzene rings is 1. The molecule has 1 aromatic carbocycles. The second-order valence-corrected chi connectivity index (χ2v) is 10.6. The van der Waals surface area contributed by atoms with Crippen LogP contribution in [0.5, 0.6) is 0 Å². The van der Waals surface area contributed by atoms with Crippen molar-refractivity contribution in [3.8, 4) is 0 Å². The summed E-state index contributed by atoms with van der Waals surface area (Å²) in [6, 6.07) is 6.75. The molecule has 1 atom stereocenters. The molecule has 2 rings (SSSR count). The Kier molecular flexibility index (Phi) is 5.78. The van der Waals surface area contributed by atoms with Crippen LogP contribution >= 0.6 is 0 Å². The minimum Gasteiger partial charge on any atom is -0.342 e. The topological polar surface area (TPSA) is 91.8 Å². The Morgan fingerprint density at radius 2 is 1.92 bits per heavy atom. The molecule has 0 bridgehead atoms. The van der Waals surface area contributed by atoms with Crippen molar-refractivity contribution in [2.75, 3.05) is 35.7 Å². The van der Waals surface area contributed by atoms with Crippen molar-refractivity contribution in [3.05, 3.63) is 29.8 Å². The standard InChI is InChI=1S/C16H24N2O5S2/c1-13-6-4-5-7-15(13)18(24(3,20)21)10-8-16(19)17(2)14-9-11-25(22,23)12-14/h4-7,14H,8-12H2,1-3H3. The number of hydrogen-bond donors (Lipinski definition) is 0. The zero-order chi connectivity index (χ0) is 18.8. The third-order valence-electron chi connectivity index (χ3n) is 4.46. The maximum absolute atomic E-state index is 12.4. The van der Waals surface area contributed by atoms with Gasteiger partial charge in [-0.3, -0.25) is 9.10 Å². The molecule has 0 spiro atoms. The van der Waals surface area contributed by atoms with Crippen LogP contribution in [0.15, 0.2) is 24.3 Å². The van der Waals surface area contributed by atoms with Crippen molar-refractivity contribution < 1.29 is 21.6 Å². The number of sulfonamides is 1. The first-order chi connectivity index (χ1) is 11.5. The number of carbonyl (C=O) groups excluding carboxylic acids is 1. The summed E-state index contributed by atoms with van der Waals surface area (Å²) in [5.41, 5.74) is 1.35. The summed E-state index contributed by atoms with van der Waals surface area (Å²) in [5.74, 6) is -0.194. The van der Waals surface area contributed by atoms with Crippen molar-refractivity contribution in [2.45, 2.75) is 25.8 Å². The highest BCUT2D eigenvalue weighted by Crippen LogP contribution is 2.23. The highest BCUT2D eigenvalue weighted by atomic mass is 32.2. The number of sulfone groups is 1. The molecule has 1 amide bonds. The van der Waals surface area contributed by atoms with Crippen LogP contribution in [0.2, 0.25) is 0 Å². The fourth-order valence-electron chi connectivity index (χ4n) is 2.97. The zero-order valence-corrected chi connectivity index (χ0v) is 16.3. The van der Waals surface area contributed by atoms with Crippen LogP contribution in [-0.2, 0) is 24.7 Å². The molecule has 7 nitrogen and oxygen atoms in total. The van der Waals surface area contributed by atoms with Crippen molar-refractivity contribution in [1.29, 1.82) is 0 Å². The lowest BCUT2D eigenvalue weighted by Gasteiger charge is -2.27. The summed E-state index contributed by atoms with van der Waals surface area (Å²) >= 11 is 0. The molecule has 1 heterocycles. The van der Waals surface area contributed by atoms with Crippen molar-refractivity contribution in [2.24, 2.45) is 0 Å². The van der Waals surface area contributed by atoms with Gasteiger partial charge in [-0.15, -0.1) is 0 Å². The third kappa shape index (κ3) is 4.94. The van der Waals surface area contributed by atoms with Gasteiger partial charge in [0.25, 0.3) is 0 Å². The molecular weight excluding hydrogens is 364 g/mol. The second kappa shape index (κ2) is 7.33. The van der Waals surface area contributed by atoms with Crippen LogP contribution in [-0.4, -0.2) is 65.0 Å². The lowest BCUT2D eigenvalue weighted by Crippen LogP contribution is -2.40. The van der Waals surface area contributed by atoms with Crippen LogP contribution in [0.3, 0.4) is 0 Å². The minimum atomic E-state index is -3.53. The monoisotopic (exact) mass is 388 g/mol. The van der Waals surface area contributed by atoms with E-state index in [1.165, 1.54) is 9.21 Å². The Balaban J connectivity index is 2.08. The van der Waals surface area contributed by atoms with Crippen LogP contribution < -0.4 is 4.31 Å². The van der Waals surface area contributed by atoms with Crippen molar-refractivity contribution in [3.63, 3.8) is 0 Å². The van der Waals surface area contributed by atoms with Gasteiger partial charge in [-0.2, -0.15) is 0 Å². The van der Waals surface area contributed by atoms with Gasteiger partial charge >= 0.3 is 0 Å². The molecule has 1 aliphatic rings. The lowest BCUT2D eigenvalue weighted by atomic mass is 10.2. The Morgan fingerprint density at radius 3 is 2.44 bits per heavy atom. The predicted octanol–water partition coefficient (Wildman–Crippen LogP) is 0.797. The maximum atomic E-state index is 12.4. The molecule has 0 radical (unpaired) electrons. The molecular formula is C16H24N2O5S2. The third-order valence-corrected chi connectivity index (χ3v) is 7.39. The minimum absolute atomic E-state index is 0.00550. The number of aryl methyl sites for hydroxylation is 1. The average Bonchev–Trinajstić information content (AvgIpc) is 2.87. The van der Waals surface area contributed by atoms with E-state index in [4.69, 9.17) is 0 Å². The fourth-order valence-corrected chi connectivity index (χ4v) is 5.73. The Hall–Kier alpha value is -1.61. The van der Waals surface area contributed by atoms with Crippen LogP contribution in [0.4, 0.5) is 5.69 Å². The Bertz CT molecular complexity index is 849. The summed E-state index contributed by atoms with van der Waals surface area (Å²) in [4.78, 5) is 13.8. The molecule has 1 fully saturated rings. The van der Waals surface area contributed by atoms with Gasteiger partial charge in [0.15, 0.2) is 9.84 Å². The molecule has 0 N–H and O–H groups in total. The summed E-state index contributed by atoms with van der Waals surface area (Å²) in [6.07, 6.45) is 1.53. The van der Waals surface area contributed by atoms with E-state index in [1.54, 1.807) is 19.2 Å². The molecule has 1 unspecified atom stereocenters. The van der Waals surface area contributed by atoms with Gasteiger partial charge in [-0.25, -0.2) is 16.8 Å². The van der Waals surface area contributed by atoms with Gasteiger partial charge in [0.05, 0.1) is 23.4 Å². The highest BCUT2D eigenvalue weighted by Gasteiger charge is 2.33. The number of amides is 1. The molecule has 9 heteroatoms. The number of carbonyl (C=O) groups is 1. The van der Waals surface area contributed by atoms with Crippen molar-refractivity contribution >= 4 is 31.5 Å². The molecule has 0 aromatic heterocycles. The maximum Gasteiger partial charge on any atom is 0.232 e. The van der Waals surface area contributed by atoms with Gasteiger partial charge in [0, 0.05) is 26.1 Å². The number of rotatable bonds is 6. The van der Waals surface area contributed by atoms with E-state index < -0.39 is 19.9 Å². The van der Waals surface area contributed by atoms with Crippen LogP contribution in [0.1, 0.15) is 18.4 Å². The quantitative estimate of drug-likeness (QED) is 0.719. The molecule has 25 heavy (non-hydrogen) atoms. The van der Waals surface area contributed by atoms with E-state index in [9.17, 15) is 21.6 Å². The lowest BCUT2D eigenvalue weighted by molar-refractivity contribution is -0.131. The smallest absolute Gasteiger partial charge is 0.232 e. The van der Waals surface area contributed by atoms with Crippen molar-refractivity contribution in [1.82, 2.24) is 4.90 Å². The van der Waals surface area contributed by atoms with Gasteiger partial charge in [0.1, 0.15) is 0 Å². The van der Waals surface area contributed by atoms with Gasteiger partial charge in [0.2, 0.25) is 15.9 Å². The molecule has 0 aliphatic carbocycles. The number of para-hydroxylation sites is 1. The molecule has 1 aromatic rings. The first-order valence-corrected chi connectivity index (χ1v) is 11.7. The molecule has 1 aliphatic heterocycles. The largest absolute Gasteiger partial charge is 0.342 e. The first-order valence-electron chi connectivity index (χ1n) is 8.01. The number of anilines is 1. The van der Waals surface area contributed by atoms with E-state index >= 15 is 0 Å². The first kappa shape index (κ1) is 19.7. The van der Waals surface area contributed by atoms with Gasteiger partial charge in [-0.1, -0.05) is 18.2 Å². The average molecular weight is 389 g/mol. The molecule has 1 saturated heterocycles.